The Morgan fingerprint density at radius 3 is 2.42 bits per heavy atom. The highest BCUT2D eigenvalue weighted by Crippen LogP contribution is 2.33. The average Bonchev–Trinajstić information content (AvgIpc) is 3.29. The van der Waals surface area contributed by atoms with Crippen molar-refractivity contribution in [2.24, 2.45) is 0 Å². The van der Waals surface area contributed by atoms with Gasteiger partial charge in [-0.15, -0.1) is 11.3 Å². The first-order valence-corrected chi connectivity index (χ1v) is 10.5. The normalized spacial score (nSPS) is 10.9. The van der Waals surface area contributed by atoms with Gasteiger partial charge >= 0.3 is 0 Å². The number of anilines is 1. The Morgan fingerprint density at radius 2 is 1.55 bits per heavy atom. The van der Waals surface area contributed by atoms with E-state index in [1.165, 1.54) is 17.4 Å². The van der Waals surface area contributed by atoms with E-state index in [0.29, 0.717) is 27.6 Å². The molecule has 0 bridgehead atoms. The molecule has 0 aliphatic rings. The van der Waals surface area contributed by atoms with Gasteiger partial charge in [-0.05, 0) is 30.3 Å². The molecule has 1 N–H and O–H groups in total. The molecule has 0 unspecified atom stereocenters. The Bertz CT molecular complexity index is 1410. The molecular formula is C25H16FN3OS. The highest BCUT2D eigenvalue weighted by atomic mass is 32.1. The number of nitrogens with zero attached hydrogens (tertiary/aromatic N) is 2. The molecule has 0 radical (unpaired) electrons. The Hall–Kier alpha value is -3.90. The minimum absolute atomic E-state index is 0.303. The molecule has 5 aromatic rings. The fourth-order valence-electron chi connectivity index (χ4n) is 3.35. The minimum Gasteiger partial charge on any atom is -0.320 e. The largest absolute Gasteiger partial charge is 0.320 e. The number of hydrogen-bond acceptors (Lipinski definition) is 4. The van der Waals surface area contributed by atoms with Crippen molar-refractivity contribution in [3.8, 4) is 21.8 Å². The van der Waals surface area contributed by atoms with Crippen molar-refractivity contribution >= 4 is 33.8 Å². The number of amides is 1. The molecule has 0 saturated heterocycles. The lowest BCUT2D eigenvalue weighted by molar-refractivity contribution is 0.102. The molecule has 3 aromatic carbocycles. The van der Waals surface area contributed by atoms with Gasteiger partial charge in [0.25, 0.3) is 5.91 Å². The summed E-state index contributed by atoms with van der Waals surface area (Å²) in [5.74, 6) is -0.616. The van der Waals surface area contributed by atoms with Gasteiger partial charge in [-0.25, -0.2) is 14.4 Å². The van der Waals surface area contributed by atoms with E-state index in [9.17, 15) is 9.18 Å². The van der Waals surface area contributed by atoms with Gasteiger partial charge in [-0.2, -0.15) is 0 Å². The summed E-state index contributed by atoms with van der Waals surface area (Å²) in [5, 5.41) is 6.36. The van der Waals surface area contributed by atoms with E-state index in [1.807, 2.05) is 60.0 Å². The van der Waals surface area contributed by atoms with Crippen molar-refractivity contribution in [2.75, 3.05) is 5.32 Å². The summed E-state index contributed by atoms with van der Waals surface area (Å²) in [6, 6.07) is 25.2. The van der Waals surface area contributed by atoms with Gasteiger partial charge in [0, 0.05) is 21.9 Å². The molecule has 0 saturated carbocycles. The number of pyridine rings is 1. The smallest absolute Gasteiger partial charge is 0.274 e. The maximum Gasteiger partial charge on any atom is 0.274 e. The summed E-state index contributed by atoms with van der Waals surface area (Å²) in [7, 11) is 0. The third-order valence-corrected chi connectivity index (χ3v) is 5.77. The molecule has 1 amide bonds. The Labute approximate surface area is 182 Å². The van der Waals surface area contributed by atoms with Crippen LogP contribution in [-0.4, -0.2) is 15.9 Å². The first kappa shape index (κ1) is 19.1. The van der Waals surface area contributed by atoms with Crippen LogP contribution in [0.1, 0.15) is 10.5 Å². The first-order chi connectivity index (χ1) is 15.2. The van der Waals surface area contributed by atoms with Crippen molar-refractivity contribution in [3.63, 3.8) is 0 Å². The molecule has 2 aromatic heterocycles. The monoisotopic (exact) mass is 425 g/mol. The number of rotatable bonds is 4. The zero-order valence-electron chi connectivity index (χ0n) is 16.2. The zero-order valence-corrected chi connectivity index (χ0v) is 17.1. The van der Waals surface area contributed by atoms with E-state index in [0.717, 1.165) is 16.5 Å². The number of para-hydroxylation sites is 2. The number of halogens is 1. The van der Waals surface area contributed by atoms with Crippen LogP contribution >= 0.6 is 11.3 Å². The first-order valence-electron chi connectivity index (χ1n) is 9.66. The zero-order chi connectivity index (χ0) is 21.2. The number of carbonyl (C=O) groups excluding carboxylic acids is 1. The van der Waals surface area contributed by atoms with E-state index >= 15 is 0 Å². The molecule has 0 spiro atoms. The lowest BCUT2D eigenvalue weighted by Crippen LogP contribution is -2.14. The van der Waals surface area contributed by atoms with Crippen molar-refractivity contribution in [1.82, 2.24) is 9.97 Å². The average molecular weight is 425 g/mol. The third kappa shape index (κ3) is 3.81. The number of hydrogen-bond donors (Lipinski definition) is 1. The lowest BCUT2D eigenvalue weighted by atomic mass is 10.1. The van der Waals surface area contributed by atoms with Crippen LogP contribution in [0.2, 0.25) is 0 Å². The van der Waals surface area contributed by atoms with Gasteiger partial charge in [0.05, 0.1) is 16.9 Å². The fourth-order valence-corrected chi connectivity index (χ4v) is 4.20. The molecule has 0 fully saturated rings. The number of thiazole rings is 1. The molecule has 0 aliphatic heterocycles. The molecule has 6 heteroatoms. The number of benzene rings is 3. The second-order valence-electron chi connectivity index (χ2n) is 6.91. The van der Waals surface area contributed by atoms with Gasteiger partial charge in [-0.1, -0.05) is 54.6 Å². The predicted octanol–water partition coefficient (Wildman–Crippen LogP) is 6.42. The van der Waals surface area contributed by atoms with Crippen LogP contribution in [0.4, 0.5) is 10.1 Å². The van der Waals surface area contributed by atoms with Gasteiger partial charge in [0.2, 0.25) is 0 Å². The number of aromatic nitrogens is 2. The standard InChI is InChI=1S/C25H16FN3OS/c26-19-10-4-2-8-17(19)25-29-23(15-31-25)18-9-3-6-12-21(18)28-24(30)22-14-13-16-7-1-5-11-20(16)27-22/h1-15H,(H,28,30). The molecule has 4 nitrogen and oxygen atoms in total. The van der Waals surface area contributed by atoms with Crippen LogP contribution in [-0.2, 0) is 0 Å². The van der Waals surface area contributed by atoms with Crippen LogP contribution in [0.25, 0.3) is 32.7 Å². The van der Waals surface area contributed by atoms with Crippen molar-refractivity contribution in [1.29, 1.82) is 0 Å². The van der Waals surface area contributed by atoms with Crippen molar-refractivity contribution in [3.05, 3.63) is 102 Å². The van der Waals surface area contributed by atoms with Gasteiger partial charge in [0.15, 0.2) is 0 Å². The topological polar surface area (TPSA) is 54.9 Å². The molecule has 5 rings (SSSR count). The third-order valence-electron chi connectivity index (χ3n) is 4.89. The number of carbonyl (C=O) groups is 1. The summed E-state index contributed by atoms with van der Waals surface area (Å²) >= 11 is 1.36. The Kier molecular flexibility index (Phi) is 4.98. The Morgan fingerprint density at radius 1 is 0.806 bits per heavy atom. The highest BCUT2D eigenvalue weighted by molar-refractivity contribution is 7.13. The molecule has 0 aliphatic carbocycles. The Balaban J connectivity index is 1.46. The van der Waals surface area contributed by atoms with Crippen LogP contribution in [0.3, 0.4) is 0 Å². The molecule has 2 heterocycles. The van der Waals surface area contributed by atoms with E-state index in [-0.39, 0.29) is 11.7 Å². The number of nitrogens with one attached hydrogen (secondary N) is 1. The van der Waals surface area contributed by atoms with Crippen molar-refractivity contribution < 1.29 is 9.18 Å². The minimum atomic E-state index is -0.313. The summed E-state index contributed by atoms with van der Waals surface area (Å²) in [4.78, 5) is 21.9. The van der Waals surface area contributed by atoms with E-state index in [1.54, 1.807) is 24.3 Å². The molecule has 31 heavy (non-hydrogen) atoms. The molecule has 0 atom stereocenters. The second kappa shape index (κ2) is 8.08. The quantitative estimate of drug-likeness (QED) is 0.362. The summed E-state index contributed by atoms with van der Waals surface area (Å²) in [5.41, 5.74) is 3.60. The maximum absolute atomic E-state index is 14.1. The maximum atomic E-state index is 14.1. The van der Waals surface area contributed by atoms with E-state index < -0.39 is 0 Å². The molecular weight excluding hydrogens is 409 g/mol. The van der Waals surface area contributed by atoms with Crippen LogP contribution < -0.4 is 5.32 Å². The lowest BCUT2D eigenvalue weighted by Gasteiger charge is -2.10. The fraction of sp³-hybridized carbons (Fsp3) is 0. The van der Waals surface area contributed by atoms with Gasteiger partial charge in [-0.3, -0.25) is 4.79 Å². The summed E-state index contributed by atoms with van der Waals surface area (Å²) in [6.07, 6.45) is 0. The summed E-state index contributed by atoms with van der Waals surface area (Å²) in [6.45, 7) is 0. The van der Waals surface area contributed by atoms with Crippen molar-refractivity contribution in [2.45, 2.75) is 0 Å². The van der Waals surface area contributed by atoms with Gasteiger partial charge in [0.1, 0.15) is 16.5 Å². The highest BCUT2D eigenvalue weighted by Gasteiger charge is 2.15. The van der Waals surface area contributed by atoms with E-state index in [2.05, 4.69) is 15.3 Å². The van der Waals surface area contributed by atoms with E-state index in [4.69, 9.17) is 0 Å². The van der Waals surface area contributed by atoms with Crippen LogP contribution in [0.15, 0.2) is 90.3 Å². The SMILES string of the molecule is O=C(Nc1ccccc1-c1csc(-c2ccccc2F)n1)c1ccc2ccccc2n1. The van der Waals surface area contributed by atoms with Crippen LogP contribution in [0.5, 0.6) is 0 Å². The second-order valence-corrected chi connectivity index (χ2v) is 7.76. The molecule has 150 valence electrons. The van der Waals surface area contributed by atoms with Crippen LogP contribution in [0, 0.1) is 5.82 Å². The van der Waals surface area contributed by atoms with Gasteiger partial charge < -0.3 is 5.32 Å². The number of fused-ring (bicyclic) bond motifs is 1. The predicted molar refractivity (Wildman–Crippen MR) is 123 cm³/mol. The summed E-state index contributed by atoms with van der Waals surface area (Å²) < 4.78 is 14.1.